The van der Waals surface area contributed by atoms with Gasteiger partial charge in [-0.05, 0) is 35.3 Å². The largest absolute Gasteiger partial charge is 0.416 e. The van der Waals surface area contributed by atoms with E-state index < -0.39 is 11.7 Å². The van der Waals surface area contributed by atoms with Gasteiger partial charge in [0.2, 0.25) is 0 Å². The average Bonchev–Trinajstić information content (AvgIpc) is 2.66. The zero-order valence-electron chi connectivity index (χ0n) is 14.1. The van der Waals surface area contributed by atoms with Gasteiger partial charge >= 0.3 is 12.2 Å². The van der Waals surface area contributed by atoms with Gasteiger partial charge in [-0.25, -0.2) is 4.79 Å². The summed E-state index contributed by atoms with van der Waals surface area (Å²) in [5, 5.41) is 2.69. The van der Waals surface area contributed by atoms with E-state index in [4.69, 9.17) is 0 Å². The Balaban J connectivity index is 1.56. The molecule has 136 valence electrons. The first-order valence-corrected chi connectivity index (χ1v) is 8.37. The highest BCUT2D eigenvalue weighted by Crippen LogP contribution is 2.29. The molecule has 2 aromatic carbocycles. The van der Waals surface area contributed by atoms with Gasteiger partial charge in [-0.2, -0.15) is 13.2 Å². The summed E-state index contributed by atoms with van der Waals surface area (Å²) < 4.78 is 38.2. The summed E-state index contributed by atoms with van der Waals surface area (Å²) in [5.74, 6) is 0. The van der Waals surface area contributed by atoms with Crippen molar-refractivity contribution in [3.63, 3.8) is 0 Å². The van der Waals surface area contributed by atoms with Crippen molar-refractivity contribution >= 4 is 11.6 Å². The molecule has 6 heteroatoms. The molecular weight excluding hydrogens is 341 g/mol. The molecule has 0 spiro atoms. The van der Waals surface area contributed by atoms with Crippen LogP contribution in [0.15, 0.2) is 60.7 Å². The number of rotatable bonds is 3. The predicted molar refractivity (Wildman–Crippen MR) is 94.3 cm³/mol. The third-order valence-corrected chi connectivity index (χ3v) is 4.34. The van der Waals surface area contributed by atoms with Gasteiger partial charge in [0.15, 0.2) is 0 Å². The van der Waals surface area contributed by atoms with E-state index in [1.54, 1.807) is 11.0 Å². The van der Waals surface area contributed by atoms with E-state index in [9.17, 15) is 18.0 Å². The second-order valence-corrected chi connectivity index (χ2v) is 6.15. The minimum Gasteiger partial charge on any atom is -0.334 e. The normalized spacial score (nSPS) is 14.7. The van der Waals surface area contributed by atoms with Gasteiger partial charge in [0.05, 0.1) is 5.56 Å². The van der Waals surface area contributed by atoms with Gasteiger partial charge in [0, 0.05) is 19.6 Å². The third kappa shape index (κ3) is 4.45. The summed E-state index contributed by atoms with van der Waals surface area (Å²) in [4.78, 5) is 13.9. The van der Waals surface area contributed by atoms with Gasteiger partial charge in [-0.3, -0.25) is 0 Å². The molecule has 0 saturated heterocycles. The zero-order valence-corrected chi connectivity index (χ0v) is 14.1. The lowest BCUT2D eigenvalue weighted by molar-refractivity contribution is -0.137. The van der Waals surface area contributed by atoms with Crippen LogP contribution >= 0.6 is 0 Å². The molecule has 3 nitrogen and oxygen atoms in total. The molecule has 26 heavy (non-hydrogen) atoms. The van der Waals surface area contributed by atoms with Crippen molar-refractivity contribution in [1.82, 2.24) is 10.2 Å². The number of urea groups is 1. The Morgan fingerprint density at radius 3 is 2.50 bits per heavy atom. The van der Waals surface area contributed by atoms with Gasteiger partial charge < -0.3 is 10.2 Å². The first kappa shape index (κ1) is 18.0. The van der Waals surface area contributed by atoms with Gasteiger partial charge in [-0.1, -0.05) is 48.5 Å². The molecular formula is C20H19F3N2O. The summed E-state index contributed by atoms with van der Waals surface area (Å²) in [6.07, 6.45) is -1.62. The smallest absolute Gasteiger partial charge is 0.334 e. The fourth-order valence-electron chi connectivity index (χ4n) is 2.92. The first-order valence-electron chi connectivity index (χ1n) is 8.37. The summed E-state index contributed by atoms with van der Waals surface area (Å²) in [6, 6.07) is 14.7. The molecule has 1 aliphatic rings. The van der Waals surface area contributed by atoms with Crippen LogP contribution in [0.1, 0.15) is 23.1 Å². The first-order chi connectivity index (χ1) is 12.4. The number of amides is 2. The van der Waals surface area contributed by atoms with Crippen LogP contribution in [0, 0.1) is 0 Å². The Morgan fingerprint density at radius 2 is 1.85 bits per heavy atom. The maximum absolute atomic E-state index is 12.7. The zero-order chi connectivity index (χ0) is 18.6. The Hall–Kier alpha value is -2.76. The van der Waals surface area contributed by atoms with Crippen molar-refractivity contribution in [3.8, 4) is 0 Å². The number of hydrogen-bond donors (Lipinski definition) is 1. The Morgan fingerprint density at radius 1 is 1.08 bits per heavy atom. The molecule has 2 amide bonds. The monoisotopic (exact) mass is 360 g/mol. The maximum atomic E-state index is 12.7. The Bertz CT molecular complexity index is 800. The predicted octanol–water partition coefficient (Wildman–Crippen LogP) is 4.70. The standard InChI is InChI=1S/C20H19F3N2O/c21-20(22,23)18-8-4-5-15(13-18)14-24-19(26)25-11-9-17(10-12-25)16-6-2-1-3-7-16/h1-9,13H,10-12,14H2,(H,24,26). The van der Waals surface area contributed by atoms with E-state index in [0.29, 0.717) is 18.7 Å². The lowest BCUT2D eigenvalue weighted by Gasteiger charge is -2.27. The summed E-state index contributed by atoms with van der Waals surface area (Å²) in [5.41, 5.74) is 2.06. The summed E-state index contributed by atoms with van der Waals surface area (Å²) >= 11 is 0. The number of nitrogens with zero attached hydrogens (tertiary/aromatic N) is 1. The number of carbonyl (C=O) groups excluding carboxylic acids is 1. The minimum absolute atomic E-state index is 0.0640. The van der Waals surface area contributed by atoms with Gasteiger partial charge in [0.25, 0.3) is 0 Å². The fourth-order valence-corrected chi connectivity index (χ4v) is 2.92. The topological polar surface area (TPSA) is 32.3 Å². The average molecular weight is 360 g/mol. The fraction of sp³-hybridized carbons (Fsp3) is 0.250. The maximum Gasteiger partial charge on any atom is 0.416 e. The van der Waals surface area contributed by atoms with E-state index in [0.717, 1.165) is 24.1 Å². The van der Waals surface area contributed by atoms with Crippen LogP contribution in [0.5, 0.6) is 0 Å². The number of halogens is 3. The lowest BCUT2D eigenvalue weighted by Crippen LogP contribution is -2.41. The summed E-state index contributed by atoms with van der Waals surface area (Å²) in [7, 11) is 0. The van der Waals surface area contributed by atoms with Crippen molar-refractivity contribution < 1.29 is 18.0 Å². The summed E-state index contributed by atoms with van der Waals surface area (Å²) in [6.45, 7) is 1.13. The van der Waals surface area contributed by atoms with Crippen LogP contribution in [0.3, 0.4) is 0 Å². The number of benzene rings is 2. The van der Waals surface area contributed by atoms with Crippen LogP contribution in [0.2, 0.25) is 0 Å². The third-order valence-electron chi connectivity index (χ3n) is 4.34. The second-order valence-electron chi connectivity index (χ2n) is 6.15. The molecule has 0 unspecified atom stereocenters. The number of hydrogen-bond acceptors (Lipinski definition) is 1. The van der Waals surface area contributed by atoms with Crippen LogP contribution in [0.4, 0.5) is 18.0 Å². The molecule has 0 aromatic heterocycles. The molecule has 2 aromatic rings. The molecule has 0 aliphatic carbocycles. The van der Waals surface area contributed by atoms with Crippen molar-refractivity contribution in [2.24, 2.45) is 0 Å². The van der Waals surface area contributed by atoms with Crippen LogP contribution in [-0.4, -0.2) is 24.0 Å². The molecule has 0 saturated carbocycles. The van der Waals surface area contributed by atoms with Crippen LogP contribution < -0.4 is 5.32 Å². The molecule has 1 aliphatic heterocycles. The molecule has 0 fully saturated rings. The lowest BCUT2D eigenvalue weighted by atomic mass is 10.00. The molecule has 1 N–H and O–H groups in total. The number of nitrogens with one attached hydrogen (secondary N) is 1. The van der Waals surface area contributed by atoms with Gasteiger partial charge in [0.1, 0.15) is 0 Å². The van der Waals surface area contributed by atoms with Crippen molar-refractivity contribution in [2.75, 3.05) is 13.1 Å². The van der Waals surface area contributed by atoms with Crippen molar-refractivity contribution in [2.45, 2.75) is 19.1 Å². The van der Waals surface area contributed by atoms with E-state index >= 15 is 0 Å². The highest BCUT2D eigenvalue weighted by atomic mass is 19.4. The minimum atomic E-state index is -4.38. The highest BCUT2D eigenvalue weighted by Gasteiger charge is 2.30. The quantitative estimate of drug-likeness (QED) is 0.845. The van der Waals surface area contributed by atoms with E-state index in [1.807, 2.05) is 36.4 Å². The van der Waals surface area contributed by atoms with E-state index in [2.05, 4.69) is 5.32 Å². The molecule has 0 atom stereocenters. The Labute approximate surface area is 150 Å². The number of carbonyl (C=O) groups is 1. The molecule has 0 bridgehead atoms. The van der Waals surface area contributed by atoms with E-state index in [1.165, 1.54) is 11.6 Å². The second kappa shape index (κ2) is 7.64. The number of alkyl halides is 3. The molecule has 0 radical (unpaired) electrons. The van der Waals surface area contributed by atoms with Crippen molar-refractivity contribution in [3.05, 3.63) is 77.4 Å². The molecule has 3 rings (SSSR count). The van der Waals surface area contributed by atoms with Crippen molar-refractivity contribution in [1.29, 1.82) is 0 Å². The van der Waals surface area contributed by atoms with E-state index in [-0.39, 0.29) is 12.6 Å². The van der Waals surface area contributed by atoms with Crippen LogP contribution in [0.25, 0.3) is 5.57 Å². The van der Waals surface area contributed by atoms with Crippen LogP contribution in [-0.2, 0) is 12.7 Å². The molecule has 1 heterocycles. The highest BCUT2D eigenvalue weighted by molar-refractivity contribution is 5.76. The Kier molecular flexibility index (Phi) is 5.30. The SMILES string of the molecule is O=C(NCc1cccc(C(F)(F)F)c1)N1CC=C(c2ccccc2)CC1. The van der Waals surface area contributed by atoms with Gasteiger partial charge in [-0.15, -0.1) is 0 Å².